The predicted octanol–water partition coefficient (Wildman–Crippen LogP) is 2.94. The van der Waals surface area contributed by atoms with E-state index in [9.17, 15) is 4.79 Å². The highest BCUT2D eigenvalue weighted by molar-refractivity contribution is 7.99. The van der Waals surface area contributed by atoms with Gasteiger partial charge in [0.15, 0.2) is 0 Å². The fraction of sp³-hybridized carbons (Fsp3) is 0.154. The number of carboxylic acid groups (broad SMARTS) is 1. The molecule has 1 aromatic carbocycles. The van der Waals surface area contributed by atoms with Gasteiger partial charge in [0.1, 0.15) is 5.03 Å². The van der Waals surface area contributed by atoms with Crippen LogP contribution in [0.15, 0.2) is 40.4 Å². The maximum Gasteiger partial charge on any atom is 0.335 e. The third-order valence-electron chi connectivity index (χ3n) is 2.33. The molecular weight excluding hydrogens is 248 g/mol. The van der Waals surface area contributed by atoms with Gasteiger partial charge in [-0.15, -0.1) is 0 Å². The lowest BCUT2D eigenvalue weighted by Gasteiger charge is -2.05. The van der Waals surface area contributed by atoms with Gasteiger partial charge in [-0.05, 0) is 32.0 Å². The van der Waals surface area contributed by atoms with Crippen molar-refractivity contribution in [3.8, 4) is 0 Å². The summed E-state index contributed by atoms with van der Waals surface area (Å²) >= 11 is 1.42. The van der Waals surface area contributed by atoms with Crippen LogP contribution in [0.5, 0.6) is 0 Å². The van der Waals surface area contributed by atoms with Gasteiger partial charge in [0.2, 0.25) is 0 Å². The Balaban J connectivity index is 2.31. The Morgan fingerprint density at radius 2 is 2.11 bits per heavy atom. The third kappa shape index (κ3) is 2.87. The second-order valence-corrected chi connectivity index (χ2v) is 4.90. The van der Waals surface area contributed by atoms with Crippen molar-refractivity contribution in [2.45, 2.75) is 23.8 Å². The molecule has 0 spiro atoms. The number of carboxylic acids is 1. The molecule has 2 aromatic rings. The highest BCUT2D eigenvalue weighted by atomic mass is 32.2. The summed E-state index contributed by atoms with van der Waals surface area (Å²) in [6.07, 6.45) is 1.72. The molecule has 0 saturated carbocycles. The molecule has 0 bridgehead atoms. The smallest absolute Gasteiger partial charge is 0.335 e. The van der Waals surface area contributed by atoms with Crippen LogP contribution in [0.2, 0.25) is 0 Å². The Morgan fingerprint density at radius 1 is 1.33 bits per heavy atom. The first kappa shape index (κ1) is 12.6. The number of carbonyl (C=O) groups is 1. The Morgan fingerprint density at radius 3 is 2.83 bits per heavy atom. The van der Waals surface area contributed by atoms with E-state index >= 15 is 0 Å². The van der Waals surface area contributed by atoms with E-state index in [2.05, 4.69) is 9.97 Å². The van der Waals surface area contributed by atoms with Crippen molar-refractivity contribution in [2.75, 3.05) is 0 Å². The number of nitrogens with zero attached hydrogens (tertiary/aromatic N) is 2. The summed E-state index contributed by atoms with van der Waals surface area (Å²) in [6.45, 7) is 3.76. The first-order valence-corrected chi connectivity index (χ1v) is 6.19. The van der Waals surface area contributed by atoms with Crippen molar-refractivity contribution >= 4 is 17.7 Å². The molecule has 0 amide bonds. The molecule has 18 heavy (non-hydrogen) atoms. The van der Waals surface area contributed by atoms with E-state index in [0.29, 0.717) is 0 Å². The molecule has 5 heteroatoms. The Bertz CT molecular complexity index is 599. The highest BCUT2D eigenvalue weighted by Crippen LogP contribution is 2.28. The lowest BCUT2D eigenvalue weighted by atomic mass is 10.2. The van der Waals surface area contributed by atoms with Crippen LogP contribution in [0.25, 0.3) is 0 Å². The molecule has 0 aliphatic heterocycles. The van der Waals surface area contributed by atoms with Crippen LogP contribution in [0.1, 0.15) is 21.7 Å². The molecule has 0 saturated heterocycles. The number of benzene rings is 1. The van der Waals surface area contributed by atoms with Gasteiger partial charge in [-0.3, -0.25) is 4.98 Å². The topological polar surface area (TPSA) is 63.1 Å². The third-order valence-corrected chi connectivity index (χ3v) is 3.40. The summed E-state index contributed by atoms with van der Waals surface area (Å²) in [6, 6.07) is 6.79. The van der Waals surface area contributed by atoms with Crippen LogP contribution in [0.4, 0.5) is 0 Å². The lowest BCUT2D eigenvalue weighted by Crippen LogP contribution is -1.96. The van der Waals surface area contributed by atoms with Crippen LogP contribution < -0.4 is 0 Å². The van der Waals surface area contributed by atoms with Gasteiger partial charge in [-0.25, -0.2) is 9.78 Å². The van der Waals surface area contributed by atoms with E-state index in [1.54, 1.807) is 24.4 Å². The minimum Gasteiger partial charge on any atom is -0.478 e. The summed E-state index contributed by atoms with van der Waals surface area (Å²) < 4.78 is 0. The van der Waals surface area contributed by atoms with Gasteiger partial charge >= 0.3 is 5.97 Å². The van der Waals surface area contributed by atoms with Crippen LogP contribution in [-0.2, 0) is 0 Å². The average molecular weight is 260 g/mol. The fourth-order valence-electron chi connectivity index (χ4n) is 1.42. The molecule has 92 valence electrons. The van der Waals surface area contributed by atoms with Gasteiger partial charge in [0, 0.05) is 11.1 Å². The molecule has 0 unspecified atom stereocenters. The summed E-state index contributed by atoms with van der Waals surface area (Å²) in [4.78, 5) is 20.4. The molecule has 1 N–H and O–H groups in total. The number of rotatable bonds is 3. The van der Waals surface area contributed by atoms with Crippen molar-refractivity contribution in [1.82, 2.24) is 9.97 Å². The summed E-state index contributed by atoms with van der Waals surface area (Å²) in [7, 11) is 0. The van der Waals surface area contributed by atoms with E-state index in [-0.39, 0.29) is 5.56 Å². The number of aromatic nitrogens is 2. The molecule has 0 atom stereocenters. The molecule has 0 aliphatic rings. The van der Waals surface area contributed by atoms with Crippen molar-refractivity contribution < 1.29 is 9.90 Å². The zero-order valence-corrected chi connectivity index (χ0v) is 10.9. The molecule has 0 aliphatic carbocycles. The zero-order valence-electron chi connectivity index (χ0n) is 10.0. The normalized spacial score (nSPS) is 10.3. The Labute approximate surface area is 109 Å². The number of hydrogen-bond donors (Lipinski definition) is 1. The minimum atomic E-state index is -0.926. The number of aryl methyl sites for hydroxylation is 2. The SMILES string of the molecule is Cc1cnc(C)c(Sc2cccc(C(=O)O)c2)n1. The molecule has 0 fully saturated rings. The maximum absolute atomic E-state index is 10.9. The van der Waals surface area contributed by atoms with Crippen molar-refractivity contribution in [1.29, 1.82) is 0 Å². The molecule has 0 radical (unpaired) electrons. The first-order chi connectivity index (χ1) is 8.56. The largest absolute Gasteiger partial charge is 0.478 e. The lowest BCUT2D eigenvalue weighted by molar-refractivity contribution is 0.0696. The van der Waals surface area contributed by atoms with Crippen molar-refractivity contribution in [3.05, 3.63) is 47.4 Å². The van der Waals surface area contributed by atoms with Gasteiger partial charge in [-0.2, -0.15) is 0 Å². The van der Waals surface area contributed by atoms with Crippen LogP contribution in [0, 0.1) is 13.8 Å². The van der Waals surface area contributed by atoms with E-state index in [4.69, 9.17) is 5.11 Å². The van der Waals surface area contributed by atoms with E-state index in [1.165, 1.54) is 11.8 Å². The molecule has 1 aromatic heterocycles. The summed E-state index contributed by atoms with van der Waals surface area (Å²) in [5, 5.41) is 9.74. The van der Waals surface area contributed by atoms with Gasteiger partial charge in [0.05, 0.1) is 17.0 Å². The second-order valence-electron chi connectivity index (χ2n) is 3.84. The van der Waals surface area contributed by atoms with E-state index < -0.39 is 5.97 Å². The monoisotopic (exact) mass is 260 g/mol. The van der Waals surface area contributed by atoms with Gasteiger partial charge in [-0.1, -0.05) is 17.8 Å². The van der Waals surface area contributed by atoms with Crippen molar-refractivity contribution in [3.63, 3.8) is 0 Å². The Hall–Kier alpha value is -1.88. The quantitative estimate of drug-likeness (QED) is 0.919. The molecule has 2 rings (SSSR count). The van der Waals surface area contributed by atoms with Crippen LogP contribution in [0.3, 0.4) is 0 Å². The summed E-state index contributed by atoms with van der Waals surface area (Å²) in [5.74, 6) is -0.926. The van der Waals surface area contributed by atoms with Crippen molar-refractivity contribution in [2.24, 2.45) is 0 Å². The maximum atomic E-state index is 10.9. The average Bonchev–Trinajstić information content (AvgIpc) is 2.34. The summed E-state index contributed by atoms with van der Waals surface area (Å²) in [5.41, 5.74) is 1.96. The Kier molecular flexibility index (Phi) is 3.62. The van der Waals surface area contributed by atoms with E-state index in [1.807, 2.05) is 19.9 Å². The predicted molar refractivity (Wildman–Crippen MR) is 69.0 cm³/mol. The first-order valence-electron chi connectivity index (χ1n) is 5.38. The molecular formula is C13H12N2O2S. The van der Waals surface area contributed by atoms with Crippen LogP contribution in [-0.4, -0.2) is 21.0 Å². The molecule has 4 nitrogen and oxygen atoms in total. The zero-order chi connectivity index (χ0) is 13.1. The highest BCUT2D eigenvalue weighted by Gasteiger charge is 2.07. The molecule has 1 heterocycles. The van der Waals surface area contributed by atoms with Gasteiger partial charge in [0.25, 0.3) is 0 Å². The fourth-order valence-corrected chi connectivity index (χ4v) is 2.36. The van der Waals surface area contributed by atoms with E-state index in [0.717, 1.165) is 21.3 Å². The van der Waals surface area contributed by atoms with Gasteiger partial charge < -0.3 is 5.11 Å². The standard InChI is InChI=1S/C13H12N2O2S/c1-8-7-14-9(2)12(15-8)18-11-5-3-4-10(6-11)13(16)17/h3-7H,1-2H3,(H,16,17). The minimum absolute atomic E-state index is 0.276. The van der Waals surface area contributed by atoms with Crippen LogP contribution >= 0.6 is 11.8 Å². The number of hydrogen-bond acceptors (Lipinski definition) is 4. The number of aromatic carboxylic acids is 1. The second kappa shape index (κ2) is 5.18.